The van der Waals surface area contributed by atoms with E-state index >= 15 is 0 Å². The molecule has 8 nitrogen and oxygen atoms in total. The monoisotopic (exact) mass is 762 g/mol. The zero-order valence-corrected chi connectivity index (χ0v) is 34.4. The summed E-state index contributed by atoms with van der Waals surface area (Å²) in [6, 6.07) is 0. The lowest BCUT2D eigenvalue weighted by atomic mass is 10.1. The number of carbonyl (C=O) groups is 1. The first kappa shape index (κ1) is 50.7. The standard InChI is InChI=1S/C44H76NO7P/c1-3-5-7-9-11-13-15-16-17-18-19-20-21-22-23-24-25-26-27-28-30-32-34-36-39-49-41-43(42-51-53(47,48)50-40-38-45)52-44(46)37-35-33-31-29-14-12-10-8-6-4-2/h5,7,11,13,16-17,19-20,22-23,25-26,28,30,43H,3-4,6,8-10,12,14-15,18,21,24,27,29,31-42,45H2,1-2H3,(H,47,48)/b7-5-,13-11-,17-16-,20-19-,23-22-,26-25-,30-28-. The second-order valence-electron chi connectivity index (χ2n) is 13.1. The van der Waals surface area contributed by atoms with E-state index in [1.54, 1.807) is 0 Å². The van der Waals surface area contributed by atoms with Gasteiger partial charge in [0.05, 0.1) is 19.8 Å². The summed E-state index contributed by atoms with van der Waals surface area (Å²) in [5.41, 5.74) is 5.35. The van der Waals surface area contributed by atoms with Gasteiger partial charge in [-0.2, -0.15) is 0 Å². The highest BCUT2D eigenvalue weighted by Gasteiger charge is 2.25. The van der Waals surface area contributed by atoms with Gasteiger partial charge in [-0.25, -0.2) is 4.57 Å². The second-order valence-corrected chi connectivity index (χ2v) is 14.6. The maximum Gasteiger partial charge on any atom is 0.472 e. The molecule has 0 aliphatic rings. The van der Waals surface area contributed by atoms with Crippen molar-refractivity contribution in [1.29, 1.82) is 0 Å². The van der Waals surface area contributed by atoms with E-state index in [1.807, 2.05) is 0 Å². The maximum atomic E-state index is 12.5. The minimum atomic E-state index is -4.29. The average molecular weight is 762 g/mol. The van der Waals surface area contributed by atoms with E-state index in [4.69, 9.17) is 24.3 Å². The van der Waals surface area contributed by atoms with Crippen LogP contribution < -0.4 is 5.73 Å². The number of hydrogen-bond donors (Lipinski definition) is 2. The van der Waals surface area contributed by atoms with Gasteiger partial charge in [0.15, 0.2) is 0 Å². The van der Waals surface area contributed by atoms with E-state index in [1.165, 1.54) is 44.9 Å². The van der Waals surface area contributed by atoms with Crippen LogP contribution in [0, 0.1) is 0 Å². The van der Waals surface area contributed by atoms with Gasteiger partial charge in [-0.3, -0.25) is 13.8 Å². The van der Waals surface area contributed by atoms with Gasteiger partial charge in [0.25, 0.3) is 0 Å². The zero-order valence-electron chi connectivity index (χ0n) is 33.5. The molecule has 0 saturated heterocycles. The van der Waals surface area contributed by atoms with E-state index in [2.05, 4.69) is 98.9 Å². The van der Waals surface area contributed by atoms with Crippen molar-refractivity contribution < 1.29 is 32.8 Å². The van der Waals surface area contributed by atoms with Crippen molar-refractivity contribution in [2.45, 2.75) is 155 Å². The molecule has 2 unspecified atom stereocenters. The lowest BCUT2D eigenvalue weighted by Gasteiger charge is -2.20. The van der Waals surface area contributed by atoms with Gasteiger partial charge in [-0.05, 0) is 70.6 Å². The number of rotatable bonds is 38. The number of esters is 1. The van der Waals surface area contributed by atoms with Gasteiger partial charge in [-0.15, -0.1) is 0 Å². The molecule has 0 rings (SSSR count). The molecule has 0 aliphatic carbocycles. The molecule has 9 heteroatoms. The molecule has 0 aromatic heterocycles. The number of phosphoric ester groups is 1. The third-order valence-electron chi connectivity index (χ3n) is 8.08. The number of ether oxygens (including phenoxy) is 2. The third-order valence-corrected chi connectivity index (χ3v) is 9.06. The van der Waals surface area contributed by atoms with Gasteiger partial charge in [-0.1, -0.05) is 157 Å². The van der Waals surface area contributed by atoms with Crippen LogP contribution in [0.15, 0.2) is 85.1 Å². The molecule has 0 saturated carbocycles. The molecule has 0 fully saturated rings. The van der Waals surface area contributed by atoms with E-state index in [0.29, 0.717) is 13.0 Å². The highest BCUT2D eigenvalue weighted by atomic mass is 31.2. The third kappa shape index (κ3) is 40.7. The van der Waals surface area contributed by atoms with Crippen molar-refractivity contribution in [1.82, 2.24) is 0 Å². The van der Waals surface area contributed by atoms with Crippen LogP contribution in [-0.2, 0) is 27.9 Å². The summed E-state index contributed by atoms with van der Waals surface area (Å²) in [4.78, 5) is 22.4. The quantitative estimate of drug-likeness (QED) is 0.0276. The minimum absolute atomic E-state index is 0.0825. The Balaban J connectivity index is 4.13. The van der Waals surface area contributed by atoms with Crippen LogP contribution in [0.2, 0.25) is 0 Å². The Morgan fingerprint density at radius 1 is 0.585 bits per heavy atom. The van der Waals surface area contributed by atoms with Gasteiger partial charge >= 0.3 is 13.8 Å². The Morgan fingerprint density at radius 3 is 1.55 bits per heavy atom. The predicted octanol–water partition coefficient (Wildman–Crippen LogP) is 12.1. The highest BCUT2D eigenvalue weighted by molar-refractivity contribution is 7.47. The van der Waals surface area contributed by atoms with Crippen LogP contribution >= 0.6 is 7.82 Å². The largest absolute Gasteiger partial charge is 0.472 e. The molecule has 0 aromatic carbocycles. The minimum Gasteiger partial charge on any atom is -0.457 e. The molecule has 304 valence electrons. The number of phosphoric acid groups is 1. The molecule has 0 spiro atoms. The first-order chi connectivity index (χ1) is 25.9. The van der Waals surface area contributed by atoms with Gasteiger partial charge in [0.2, 0.25) is 0 Å². The number of hydrogen-bond acceptors (Lipinski definition) is 7. The normalized spacial score (nSPS) is 14.4. The SMILES string of the molecule is CC/C=C\C/C=C\C/C=C\C/C=C\C/C=C\C/C=C\C/C=C\CCCCOCC(COP(=O)(O)OCCN)OC(=O)CCCCCCCCCCCC. The number of allylic oxidation sites excluding steroid dienone is 14. The molecular weight excluding hydrogens is 685 g/mol. The molecule has 0 heterocycles. The van der Waals surface area contributed by atoms with Crippen molar-refractivity contribution in [3.8, 4) is 0 Å². The van der Waals surface area contributed by atoms with Crippen molar-refractivity contribution in [3.05, 3.63) is 85.1 Å². The summed E-state index contributed by atoms with van der Waals surface area (Å²) in [5, 5.41) is 0. The van der Waals surface area contributed by atoms with Crippen molar-refractivity contribution in [2.75, 3.05) is 33.0 Å². The van der Waals surface area contributed by atoms with Gasteiger partial charge in [0.1, 0.15) is 6.10 Å². The Bertz CT molecular complexity index is 1080. The number of unbranched alkanes of at least 4 members (excludes halogenated alkanes) is 11. The molecule has 3 N–H and O–H groups in total. The second kappa shape index (κ2) is 40.9. The Hall–Kier alpha value is -2.32. The van der Waals surface area contributed by atoms with Crippen molar-refractivity contribution in [3.63, 3.8) is 0 Å². The fraction of sp³-hybridized carbons (Fsp3) is 0.659. The summed E-state index contributed by atoms with van der Waals surface area (Å²) in [7, 11) is -4.29. The lowest BCUT2D eigenvalue weighted by Crippen LogP contribution is -2.28. The summed E-state index contributed by atoms with van der Waals surface area (Å²) >= 11 is 0. The summed E-state index contributed by atoms with van der Waals surface area (Å²) in [6.45, 7) is 4.65. The molecule has 0 aromatic rings. The zero-order chi connectivity index (χ0) is 38.8. The highest BCUT2D eigenvalue weighted by Crippen LogP contribution is 2.43. The van der Waals surface area contributed by atoms with E-state index < -0.39 is 13.9 Å². The molecule has 0 amide bonds. The Morgan fingerprint density at radius 2 is 1.06 bits per heavy atom. The summed E-state index contributed by atoms with van der Waals surface area (Å²) in [5.74, 6) is -0.352. The summed E-state index contributed by atoms with van der Waals surface area (Å²) < 4.78 is 33.3. The van der Waals surface area contributed by atoms with Crippen molar-refractivity contribution in [2.24, 2.45) is 5.73 Å². The first-order valence-corrected chi connectivity index (χ1v) is 22.1. The van der Waals surface area contributed by atoms with E-state index in [9.17, 15) is 14.3 Å². The average Bonchev–Trinajstić information content (AvgIpc) is 3.15. The molecule has 53 heavy (non-hydrogen) atoms. The molecule has 0 radical (unpaired) electrons. The maximum absolute atomic E-state index is 12.5. The Kier molecular flexibility index (Phi) is 39.1. The van der Waals surface area contributed by atoms with Gasteiger partial charge < -0.3 is 20.1 Å². The first-order valence-electron chi connectivity index (χ1n) is 20.6. The van der Waals surface area contributed by atoms with E-state index in [-0.39, 0.29) is 32.3 Å². The van der Waals surface area contributed by atoms with Gasteiger partial charge in [0, 0.05) is 19.6 Å². The van der Waals surface area contributed by atoms with Crippen LogP contribution in [0.5, 0.6) is 0 Å². The van der Waals surface area contributed by atoms with Crippen LogP contribution in [0.1, 0.15) is 149 Å². The number of carbonyl (C=O) groups excluding carboxylic acids is 1. The summed E-state index contributed by atoms with van der Waals surface area (Å²) in [6.07, 6.45) is 51.8. The van der Waals surface area contributed by atoms with Crippen LogP contribution in [0.3, 0.4) is 0 Å². The molecule has 0 aliphatic heterocycles. The lowest BCUT2D eigenvalue weighted by molar-refractivity contribution is -0.154. The Labute approximate surface area is 324 Å². The topological polar surface area (TPSA) is 117 Å². The predicted molar refractivity (Wildman–Crippen MR) is 224 cm³/mol. The van der Waals surface area contributed by atoms with Crippen LogP contribution in [-0.4, -0.2) is 49.9 Å². The van der Waals surface area contributed by atoms with E-state index in [0.717, 1.165) is 83.5 Å². The number of nitrogens with two attached hydrogens (primary N) is 1. The smallest absolute Gasteiger partial charge is 0.457 e. The van der Waals surface area contributed by atoms with Crippen molar-refractivity contribution >= 4 is 13.8 Å². The molecule has 2 atom stereocenters. The molecule has 0 bridgehead atoms. The molecular formula is C44H76NO7P. The fourth-order valence-electron chi connectivity index (χ4n) is 5.09. The van der Waals surface area contributed by atoms with Crippen LogP contribution in [0.25, 0.3) is 0 Å². The fourth-order valence-corrected chi connectivity index (χ4v) is 5.86. The van der Waals surface area contributed by atoms with Crippen LogP contribution in [0.4, 0.5) is 0 Å².